The van der Waals surface area contributed by atoms with Gasteiger partial charge in [-0.15, -0.1) is 11.8 Å². The standard InChI is InChI=1S/C37H43N3O11S/c1-8-9-25(42)51-24-14-52-36-28-27(35-33(48-16-49-35)18(3)32(28)50-19(4)41)23(13-46-37(24)43)40-22(12-38)21-11-20-10-17(2)31(45-7)34(47-15-44-6)26(20)29(30(36)40)39(21)5/h10,21-24,29-30,36H,8-9,11,13-16H2,1-7H3/t21-,22-,23+,24-,29+,30?,36+/m0/s1. The number of methoxy groups -OCH3 is 2. The second-order valence-corrected chi connectivity index (χ2v) is 14.8. The van der Waals surface area contributed by atoms with Gasteiger partial charge in [-0.05, 0) is 44.9 Å². The molecule has 2 aromatic rings. The first-order chi connectivity index (χ1) is 25.1. The minimum atomic E-state index is -1.18. The van der Waals surface area contributed by atoms with Crippen LogP contribution in [0.4, 0.5) is 0 Å². The minimum Gasteiger partial charge on any atom is -0.493 e. The zero-order chi connectivity index (χ0) is 37.0. The number of esters is 3. The lowest BCUT2D eigenvalue weighted by Gasteiger charge is -2.61. The van der Waals surface area contributed by atoms with Crippen molar-refractivity contribution in [1.29, 1.82) is 5.26 Å². The third-order valence-electron chi connectivity index (χ3n) is 10.7. The highest BCUT2D eigenvalue weighted by Gasteiger charge is 2.61. The molecule has 1 unspecified atom stereocenters. The molecule has 2 saturated heterocycles. The summed E-state index contributed by atoms with van der Waals surface area (Å²) in [6.07, 6.45) is 0.0611. The summed E-state index contributed by atoms with van der Waals surface area (Å²) in [5.41, 5.74) is 4.70. The lowest BCUT2D eigenvalue weighted by Crippen LogP contribution is -2.69. The number of hydrogen-bond acceptors (Lipinski definition) is 15. The molecule has 0 aromatic heterocycles. The maximum absolute atomic E-state index is 13.7. The quantitative estimate of drug-likeness (QED) is 0.216. The summed E-state index contributed by atoms with van der Waals surface area (Å²) in [4.78, 5) is 43.6. The molecule has 0 aliphatic carbocycles. The van der Waals surface area contributed by atoms with E-state index >= 15 is 0 Å². The van der Waals surface area contributed by atoms with Crippen molar-refractivity contribution in [2.45, 2.75) is 88.5 Å². The lowest BCUT2D eigenvalue weighted by atomic mass is 9.71. The average molecular weight is 738 g/mol. The Morgan fingerprint density at radius 2 is 1.85 bits per heavy atom. The average Bonchev–Trinajstić information content (AvgIpc) is 3.60. The van der Waals surface area contributed by atoms with Gasteiger partial charge < -0.3 is 37.9 Å². The van der Waals surface area contributed by atoms with Crippen molar-refractivity contribution in [3.05, 3.63) is 39.4 Å². The number of rotatable bonds is 8. The van der Waals surface area contributed by atoms with E-state index < -0.39 is 53.4 Å². The van der Waals surface area contributed by atoms with Crippen molar-refractivity contribution < 1.29 is 52.3 Å². The van der Waals surface area contributed by atoms with Crippen LogP contribution in [0.25, 0.3) is 0 Å². The van der Waals surface area contributed by atoms with Gasteiger partial charge in [0.15, 0.2) is 29.8 Å². The summed E-state index contributed by atoms with van der Waals surface area (Å²) in [6.45, 7) is 6.70. The zero-order valence-electron chi connectivity index (χ0n) is 30.3. The molecule has 0 radical (unpaired) electrons. The normalized spacial score (nSPS) is 27.3. The largest absolute Gasteiger partial charge is 0.493 e. The number of carbonyl (C=O) groups excluding carboxylic acids is 3. The van der Waals surface area contributed by atoms with Crippen LogP contribution < -0.4 is 23.7 Å². The van der Waals surface area contributed by atoms with Gasteiger partial charge in [-0.3, -0.25) is 19.4 Å². The van der Waals surface area contributed by atoms with E-state index in [1.165, 1.54) is 18.7 Å². The van der Waals surface area contributed by atoms with Crippen LogP contribution in [0.5, 0.6) is 28.7 Å². The maximum Gasteiger partial charge on any atom is 0.348 e. The highest BCUT2D eigenvalue weighted by molar-refractivity contribution is 7.99. The van der Waals surface area contributed by atoms with Crippen LogP contribution in [0.3, 0.4) is 0 Å². The Morgan fingerprint density at radius 1 is 1.08 bits per heavy atom. The van der Waals surface area contributed by atoms with Crippen molar-refractivity contribution in [2.24, 2.45) is 0 Å². The van der Waals surface area contributed by atoms with E-state index in [0.29, 0.717) is 58.3 Å². The van der Waals surface area contributed by atoms with Crippen molar-refractivity contribution in [3.63, 3.8) is 0 Å². The molecule has 52 heavy (non-hydrogen) atoms. The molecule has 2 fully saturated rings. The Kier molecular flexibility index (Phi) is 9.94. The van der Waals surface area contributed by atoms with Crippen LogP contribution in [-0.4, -0.2) is 99.2 Å². The molecule has 6 aliphatic heterocycles. The number of fused-ring (bicyclic) bond motifs is 10. The Bertz CT molecular complexity index is 1850. The van der Waals surface area contributed by atoms with Crippen LogP contribution in [0.1, 0.15) is 77.4 Å². The van der Waals surface area contributed by atoms with E-state index in [1.807, 2.05) is 27.8 Å². The van der Waals surface area contributed by atoms with E-state index in [2.05, 4.69) is 21.9 Å². The second kappa shape index (κ2) is 14.3. The van der Waals surface area contributed by atoms with Crippen molar-refractivity contribution in [3.8, 4) is 34.8 Å². The molecular formula is C37H43N3O11S. The lowest BCUT2D eigenvalue weighted by molar-refractivity contribution is -0.169. The van der Waals surface area contributed by atoms with Gasteiger partial charge in [0.25, 0.3) is 0 Å². The van der Waals surface area contributed by atoms with Gasteiger partial charge in [-0.2, -0.15) is 5.26 Å². The highest BCUT2D eigenvalue weighted by atomic mass is 32.2. The first-order valence-electron chi connectivity index (χ1n) is 17.4. The first kappa shape index (κ1) is 36.1. The number of hydrogen-bond donors (Lipinski definition) is 0. The molecule has 0 N–H and O–H groups in total. The number of ether oxygens (including phenoxy) is 8. The molecule has 6 aliphatic rings. The number of nitrogens with zero attached hydrogens (tertiary/aromatic N) is 3. The number of aryl methyl sites for hydroxylation is 1. The Morgan fingerprint density at radius 3 is 2.54 bits per heavy atom. The highest BCUT2D eigenvalue weighted by Crippen LogP contribution is 2.64. The second-order valence-electron chi connectivity index (χ2n) is 13.6. The topological polar surface area (TPSA) is 155 Å². The fraction of sp³-hybridized carbons (Fsp3) is 0.568. The van der Waals surface area contributed by atoms with E-state index in [4.69, 9.17) is 37.9 Å². The summed E-state index contributed by atoms with van der Waals surface area (Å²) >= 11 is 1.38. The number of benzene rings is 2. The van der Waals surface area contributed by atoms with Gasteiger partial charge in [-0.1, -0.05) is 13.0 Å². The molecule has 2 aromatic carbocycles. The van der Waals surface area contributed by atoms with Gasteiger partial charge in [0.1, 0.15) is 18.4 Å². The molecule has 7 atom stereocenters. The molecule has 14 nitrogen and oxygen atoms in total. The zero-order valence-corrected chi connectivity index (χ0v) is 31.1. The molecule has 0 saturated carbocycles. The smallest absolute Gasteiger partial charge is 0.348 e. The molecule has 278 valence electrons. The number of thioether (sulfide) groups is 1. The van der Waals surface area contributed by atoms with Gasteiger partial charge in [0.05, 0.1) is 30.5 Å². The molecule has 4 bridgehead atoms. The van der Waals surface area contributed by atoms with Crippen LogP contribution in [0.15, 0.2) is 6.07 Å². The Balaban J connectivity index is 1.52. The summed E-state index contributed by atoms with van der Waals surface area (Å²) < 4.78 is 47.6. The summed E-state index contributed by atoms with van der Waals surface area (Å²) in [6, 6.07) is 2.15. The summed E-state index contributed by atoms with van der Waals surface area (Å²) in [7, 11) is 5.17. The van der Waals surface area contributed by atoms with Crippen LogP contribution in [0.2, 0.25) is 0 Å². The van der Waals surface area contributed by atoms with Crippen LogP contribution in [0, 0.1) is 25.2 Å². The van der Waals surface area contributed by atoms with Gasteiger partial charge in [0.2, 0.25) is 12.9 Å². The molecule has 6 heterocycles. The number of nitriles is 1. The Labute approximate surface area is 306 Å². The van der Waals surface area contributed by atoms with Crippen molar-refractivity contribution >= 4 is 29.7 Å². The molecule has 15 heteroatoms. The van der Waals surface area contributed by atoms with Gasteiger partial charge in [-0.25, -0.2) is 4.79 Å². The molecule has 0 amide bonds. The molecule has 8 rings (SSSR count). The van der Waals surface area contributed by atoms with E-state index in [9.17, 15) is 19.6 Å². The summed E-state index contributed by atoms with van der Waals surface area (Å²) in [5, 5.41) is 10.5. The predicted molar refractivity (Wildman–Crippen MR) is 186 cm³/mol. The number of likely N-dealkylation sites (N-methyl/N-ethyl adjacent to an activating group) is 1. The fourth-order valence-corrected chi connectivity index (χ4v) is 10.2. The van der Waals surface area contributed by atoms with E-state index in [0.717, 1.165) is 16.7 Å². The van der Waals surface area contributed by atoms with Crippen LogP contribution in [-0.2, 0) is 35.0 Å². The third kappa shape index (κ3) is 5.71. The predicted octanol–water partition coefficient (Wildman–Crippen LogP) is 4.22. The number of carbonyl (C=O) groups is 3. The maximum atomic E-state index is 13.7. The minimum absolute atomic E-state index is 0.0228. The van der Waals surface area contributed by atoms with Crippen molar-refractivity contribution in [1.82, 2.24) is 9.80 Å². The third-order valence-corrected chi connectivity index (χ3v) is 12.0. The molecule has 0 spiro atoms. The Hall–Kier alpha value is -4.23. The van der Waals surface area contributed by atoms with Gasteiger partial charge in [0, 0.05) is 60.5 Å². The van der Waals surface area contributed by atoms with E-state index in [1.54, 1.807) is 14.2 Å². The first-order valence-corrected chi connectivity index (χ1v) is 18.4. The fourth-order valence-electron chi connectivity index (χ4n) is 8.69. The SMILES string of the molecule is CCCC(=O)O[C@H]1CS[C@@H]2c3c(OC(C)=O)c(C)c4c(c3[C@@H](COC1=O)N1C2[C@H]2c3c(cc(C)c(OC)c3OCOC)C[C@@H]([C@@H]1C#N)N2C)OCO4. The van der Waals surface area contributed by atoms with Gasteiger partial charge >= 0.3 is 17.9 Å². The monoisotopic (exact) mass is 737 g/mol. The number of piperazine rings is 1. The van der Waals surface area contributed by atoms with E-state index in [-0.39, 0.29) is 38.4 Å². The van der Waals surface area contributed by atoms with Crippen LogP contribution >= 0.6 is 11.8 Å². The molecular weight excluding hydrogens is 694 g/mol. The summed E-state index contributed by atoms with van der Waals surface area (Å²) in [5.74, 6) is 0.680. The van der Waals surface area contributed by atoms with Crippen molar-refractivity contribution in [2.75, 3.05) is 47.2 Å².